The van der Waals surface area contributed by atoms with Gasteiger partial charge in [0, 0.05) is 23.9 Å². The number of benzene rings is 2. The number of Topliss-reactive ketones (excluding diaryl/α,β-unsaturated/α-hetero) is 1. The van der Waals surface area contributed by atoms with Crippen molar-refractivity contribution in [1.82, 2.24) is 0 Å². The van der Waals surface area contributed by atoms with Crippen LogP contribution in [0, 0.1) is 5.82 Å². The standard InChI is InChI=1S/C21H21FN2O4S/c1-14(25)18-13-16(22)5-8-20(18)29(27)23-10-2-3-11-28-17-6-7-19-15(12-17)4-9-21(26)24-19/h5-8,10,12-13H,2-4,9,11H2,1H3,(H,24,26)/b23-10+. The van der Waals surface area contributed by atoms with Crippen molar-refractivity contribution in [3.8, 4) is 5.75 Å². The lowest BCUT2D eigenvalue weighted by atomic mass is 10.0. The van der Waals surface area contributed by atoms with E-state index in [0.29, 0.717) is 32.3 Å². The van der Waals surface area contributed by atoms with E-state index in [1.807, 2.05) is 18.2 Å². The fraction of sp³-hybridized carbons (Fsp3) is 0.286. The van der Waals surface area contributed by atoms with Gasteiger partial charge in [0.15, 0.2) is 16.8 Å². The number of fused-ring (bicyclic) bond motifs is 1. The van der Waals surface area contributed by atoms with Crippen LogP contribution in [0.25, 0.3) is 0 Å². The van der Waals surface area contributed by atoms with Gasteiger partial charge in [-0.2, -0.15) is 4.40 Å². The van der Waals surface area contributed by atoms with Crippen LogP contribution in [-0.2, 0) is 22.2 Å². The Labute approximate surface area is 170 Å². The van der Waals surface area contributed by atoms with Crippen molar-refractivity contribution in [1.29, 1.82) is 0 Å². The van der Waals surface area contributed by atoms with Crippen LogP contribution in [0.5, 0.6) is 5.75 Å². The Bertz CT molecular complexity index is 991. The Morgan fingerprint density at radius 1 is 1.28 bits per heavy atom. The molecule has 6 nitrogen and oxygen atoms in total. The Balaban J connectivity index is 1.47. The summed E-state index contributed by atoms with van der Waals surface area (Å²) in [5.41, 5.74) is 1.96. The lowest BCUT2D eigenvalue weighted by Gasteiger charge is -2.17. The average molecular weight is 416 g/mol. The third-order valence-electron chi connectivity index (χ3n) is 4.40. The average Bonchev–Trinajstić information content (AvgIpc) is 2.70. The molecule has 8 heteroatoms. The van der Waals surface area contributed by atoms with Gasteiger partial charge < -0.3 is 10.1 Å². The number of nitrogens with one attached hydrogen (secondary N) is 1. The van der Waals surface area contributed by atoms with Gasteiger partial charge in [-0.05, 0) is 68.1 Å². The van der Waals surface area contributed by atoms with Crippen molar-refractivity contribution in [3.05, 3.63) is 53.3 Å². The number of hydrogen-bond donors (Lipinski definition) is 1. The maximum atomic E-state index is 13.3. The summed E-state index contributed by atoms with van der Waals surface area (Å²) in [4.78, 5) is 23.2. The molecule has 1 amide bonds. The highest BCUT2D eigenvalue weighted by Crippen LogP contribution is 2.26. The third-order valence-corrected chi connectivity index (χ3v) is 5.47. The molecule has 3 rings (SSSR count). The first-order valence-corrected chi connectivity index (χ1v) is 10.3. The zero-order valence-corrected chi connectivity index (χ0v) is 16.8. The zero-order chi connectivity index (χ0) is 20.8. The van der Waals surface area contributed by atoms with Crippen molar-refractivity contribution in [3.63, 3.8) is 0 Å². The molecule has 1 aliphatic heterocycles. The van der Waals surface area contributed by atoms with Crippen molar-refractivity contribution >= 4 is 34.6 Å². The van der Waals surface area contributed by atoms with E-state index in [1.165, 1.54) is 19.2 Å². The van der Waals surface area contributed by atoms with Gasteiger partial charge in [0.2, 0.25) is 5.91 Å². The zero-order valence-electron chi connectivity index (χ0n) is 15.9. The van der Waals surface area contributed by atoms with Crippen LogP contribution in [0.2, 0.25) is 0 Å². The molecule has 1 atom stereocenters. The van der Waals surface area contributed by atoms with Crippen LogP contribution in [0.15, 0.2) is 45.7 Å². The summed E-state index contributed by atoms with van der Waals surface area (Å²) in [6.07, 6.45) is 3.90. The minimum absolute atomic E-state index is 0.0268. The summed E-state index contributed by atoms with van der Waals surface area (Å²) in [6.45, 7) is 1.75. The Morgan fingerprint density at radius 3 is 2.90 bits per heavy atom. The fourth-order valence-electron chi connectivity index (χ4n) is 2.92. The fourth-order valence-corrected chi connectivity index (χ4v) is 3.85. The molecular formula is C21H21FN2O4S. The number of anilines is 1. The quantitative estimate of drug-likeness (QED) is 0.402. The van der Waals surface area contributed by atoms with Crippen molar-refractivity contribution in [2.75, 3.05) is 11.9 Å². The van der Waals surface area contributed by atoms with Gasteiger partial charge >= 0.3 is 0 Å². The number of carbonyl (C=O) groups excluding carboxylic acids is 2. The number of ketones is 1. The number of ether oxygens (including phenoxy) is 1. The van der Waals surface area contributed by atoms with E-state index >= 15 is 0 Å². The molecule has 0 radical (unpaired) electrons. The Hall–Kier alpha value is -2.87. The molecule has 0 bridgehead atoms. The first-order valence-electron chi connectivity index (χ1n) is 9.24. The topological polar surface area (TPSA) is 84.8 Å². The molecule has 1 aliphatic rings. The van der Waals surface area contributed by atoms with E-state index in [9.17, 15) is 18.2 Å². The van der Waals surface area contributed by atoms with Gasteiger partial charge in [-0.1, -0.05) is 0 Å². The SMILES string of the molecule is CC(=O)c1cc(F)ccc1S(=O)/N=C/CCCOc1ccc2c(c1)CCC(=O)N2. The molecule has 2 aromatic carbocycles. The summed E-state index contributed by atoms with van der Waals surface area (Å²) in [5.74, 6) is -0.153. The van der Waals surface area contributed by atoms with E-state index < -0.39 is 16.8 Å². The molecule has 1 N–H and O–H groups in total. The smallest absolute Gasteiger partial charge is 0.224 e. The summed E-state index contributed by atoms with van der Waals surface area (Å²) < 4.78 is 35.2. The minimum atomic E-state index is -1.76. The molecule has 0 saturated carbocycles. The second-order valence-electron chi connectivity index (χ2n) is 6.59. The van der Waals surface area contributed by atoms with Gasteiger partial charge in [-0.15, -0.1) is 0 Å². The van der Waals surface area contributed by atoms with Crippen LogP contribution < -0.4 is 10.1 Å². The largest absolute Gasteiger partial charge is 0.494 e. The van der Waals surface area contributed by atoms with Crippen LogP contribution in [-0.4, -0.2) is 28.7 Å². The first kappa shape index (κ1) is 20.9. The highest BCUT2D eigenvalue weighted by molar-refractivity contribution is 7.84. The van der Waals surface area contributed by atoms with E-state index in [2.05, 4.69) is 9.71 Å². The second kappa shape index (κ2) is 9.56. The number of unbranched alkanes of at least 4 members (excludes halogenated alkanes) is 1. The van der Waals surface area contributed by atoms with Crippen molar-refractivity contribution in [2.24, 2.45) is 4.40 Å². The Kier molecular flexibility index (Phi) is 6.87. The van der Waals surface area contributed by atoms with Crippen LogP contribution >= 0.6 is 0 Å². The number of amides is 1. The van der Waals surface area contributed by atoms with Crippen molar-refractivity contribution < 1.29 is 22.9 Å². The van der Waals surface area contributed by atoms with Gasteiger partial charge in [-0.25, -0.2) is 8.60 Å². The monoisotopic (exact) mass is 416 g/mol. The highest BCUT2D eigenvalue weighted by Gasteiger charge is 2.15. The van der Waals surface area contributed by atoms with E-state index in [4.69, 9.17) is 4.74 Å². The molecule has 2 aromatic rings. The molecule has 152 valence electrons. The summed E-state index contributed by atoms with van der Waals surface area (Å²) >= 11 is 0. The maximum Gasteiger partial charge on any atom is 0.224 e. The molecule has 0 aliphatic carbocycles. The molecule has 0 aromatic heterocycles. The lowest BCUT2D eigenvalue weighted by molar-refractivity contribution is -0.116. The molecule has 29 heavy (non-hydrogen) atoms. The highest BCUT2D eigenvalue weighted by atomic mass is 32.2. The summed E-state index contributed by atoms with van der Waals surface area (Å²) in [6, 6.07) is 9.12. The molecule has 0 saturated heterocycles. The van der Waals surface area contributed by atoms with Gasteiger partial charge in [-0.3, -0.25) is 9.59 Å². The normalized spacial score (nSPS) is 14.3. The summed E-state index contributed by atoms with van der Waals surface area (Å²) in [5, 5.41) is 2.83. The van der Waals surface area contributed by atoms with Crippen LogP contribution in [0.4, 0.5) is 10.1 Å². The van der Waals surface area contributed by atoms with E-state index in [0.717, 1.165) is 29.1 Å². The second-order valence-corrected chi connectivity index (χ2v) is 7.74. The van der Waals surface area contributed by atoms with Gasteiger partial charge in [0.25, 0.3) is 0 Å². The number of aryl methyl sites for hydroxylation is 1. The number of halogens is 1. The van der Waals surface area contributed by atoms with Crippen LogP contribution in [0.1, 0.15) is 42.1 Å². The first-order chi connectivity index (χ1) is 13.9. The van der Waals surface area contributed by atoms with Crippen LogP contribution in [0.3, 0.4) is 0 Å². The van der Waals surface area contributed by atoms with E-state index in [-0.39, 0.29) is 22.1 Å². The Morgan fingerprint density at radius 2 is 2.10 bits per heavy atom. The maximum absolute atomic E-state index is 13.3. The number of nitrogens with zero attached hydrogens (tertiary/aromatic N) is 1. The van der Waals surface area contributed by atoms with Gasteiger partial charge in [0.1, 0.15) is 11.6 Å². The van der Waals surface area contributed by atoms with Crippen molar-refractivity contribution in [2.45, 2.75) is 37.5 Å². The lowest BCUT2D eigenvalue weighted by Crippen LogP contribution is -2.18. The molecule has 1 heterocycles. The molecule has 1 unspecified atom stereocenters. The third kappa shape index (κ3) is 5.57. The molecular weight excluding hydrogens is 395 g/mol. The predicted molar refractivity (Wildman–Crippen MR) is 109 cm³/mol. The predicted octanol–water partition coefficient (Wildman–Crippen LogP) is 3.87. The van der Waals surface area contributed by atoms with E-state index in [1.54, 1.807) is 0 Å². The number of rotatable bonds is 8. The van der Waals surface area contributed by atoms with Gasteiger partial charge in [0.05, 0.1) is 11.5 Å². The molecule has 0 spiro atoms. The number of hydrogen-bond acceptors (Lipinski definition) is 4. The minimum Gasteiger partial charge on any atom is -0.494 e. The summed E-state index contributed by atoms with van der Waals surface area (Å²) in [7, 11) is -1.76. The molecule has 0 fully saturated rings. The number of carbonyl (C=O) groups is 2.